The molecule has 3 aromatic rings. The Morgan fingerprint density at radius 1 is 1.28 bits per heavy atom. The van der Waals surface area contributed by atoms with Gasteiger partial charge < -0.3 is 4.57 Å². The Kier molecular flexibility index (Phi) is 3.92. The van der Waals surface area contributed by atoms with Crippen molar-refractivity contribution in [1.29, 1.82) is 0 Å². The summed E-state index contributed by atoms with van der Waals surface area (Å²) in [5.41, 5.74) is 7.61. The van der Waals surface area contributed by atoms with Crippen LogP contribution in [0.3, 0.4) is 0 Å². The van der Waals surface area contributed by atoms with E-state index in [1.54, 1.807) is 12.5 Å². The summed E-state index contributed by atoms with van der Waals surface area (Å²) in [7, 11) is 2.22. The number of aromatic nitrogens is 3. The minimum Gasteiger partial charge on any atom is -0.320 e. The molecule has 0 saturated carbocycles. The molecule has 0 fully saturated rings. The van der Waals surface area contributed by atoms with E-state index >= 15 is 0 Å². The van der Waals surface area contributed by atoms with Crippen LogP contribution >= 0.6 is 0 Å². The fraction of sp³-hybridized carbons (Fsp3) is 0.333. The molecule has 0 spiro atoms. The fourth-order valence-electron chi connectivity index (χ4n) is 3.72. The van der Waals surface area contributed by atoms with Gasteiger partial charge in [-0.2, -0.15) is 0 Å². The Hall–Kier alpha value is -2.46. The van der Waals surface area contributed by atoms with Crippen molar-refractivity contribution in [3.8, 4) is 0 Å². The quantitative estimate of drug-likeness (QED) is 0.707. The smallest absolute Gasteiger partial charge is 0.116 e. The summed E-state index contributed by atoms with van der Waals surface area (Å²) >= 11 is 0. The van der Waals surface area contributed by atoms with Gasteiger partial charge in [0, 0.05) is 42.5 Å². The first-order valence-electron chi connectivity index (χ1n) is 8.82. The molecule has 4 rings (SSSR count). The Morgan fingerprint density at radius 3 is 2.88 bits per heavy atom. The maximum absolute atomic E-state index is 4.39. The van der Waals surface area contributed by atoms with E-state index in [0.29, 0.717) is 6.04 Å². The highest BCUT2D eigenvalue weighted by molar-refractivity contribution is 5.90. The number of hydrogen-bond donors (Lipinski definition) is 0. The average molecular weight is 332 g/mol. The third kappa shape index (κ3) is 2.76. The number of aryl methyl sites for hydroxylation is 1. The van der Waals surface area contributed by atoms with Gasteiger partial charge in [-0.15, -0.1) is 0 Å². The molecule has 1 atom stereocenters. The lowest BCUT2D eigenvalue weighted by molar-refractivity contribution is 0.230. The highest BCUT2D eigenvalue weighted by Crippen LogP contribution is 2.34. The van der Waals surface area contributed by atoms with E-state index in [0.717, 1.165) is 24.2 Å². The van der Waals surface area contributed by atoms with Crippen molar-refractivity contribution in [3.63, 3.8) is 0 Å². The van der Waals surface area contributed by atoms with Crippen molar-refractivity contribution in [2.24, 2.45) is 0 Å². The lowest BCUT2D eigenvalue weighted by atomic mass is 9.99. The van der Waals surface area contributed by atoms with E-state index in [1.807, 2.05) is 6.07 Å². The van der Waals surface area contributed by atoms with E-state index in [-0.39, 0.29) is 0 Å². The van der Waals surface area contributed by atoms with Crippen molar-refractivity contribution in [2.75, 3.05) is 7.05 Å². The number of fused-ring (bicyclic) bond motifs is 3. The first kappa shape index (κ1) is 16.0. The molecule has 4 nitrogen and oxygen atoms in total. The van der Waals surface area contributed by atoms with Gasteiger partial charge in [0.15, 0.2) is 0 Å². The largest absolute Gasteiger partial charge is 0.320 e. The molecule has 1 aliphatic rings. The zero-order chi connectivity index (χ0) is 17.6. The molecule has 0 radical (unpaired) electrons. The summed E-state index contributed by atoms with van der Waals surface area (Å²) in [5, 5.41) is 1.38. The summed E-state index contributed by atoms with van der Waals surface area (Å²) in [5.74, 6) is 0. The van der Waals surface area contributed by atoms with Crippen LogP contribution in [-0.2, 0) is 13.0 Å². The van der Waals surface area contributed by atoms with Gasteiger partial charge in [0.2, 0.25) is 0 Å². The molecule has 4 heteroatoms. The second-order valence-electron chi connectivity index (χ2n) is 7.19. The Balaban J connectivity index is 1.93. The zero-order valence-electron chi connectivity index (χ0n) is 15.3. The number of likely N-dealkylation sites (N-methyl/N-ethyl adjacent to an activating group) is 1. The SMILES string of the molecule is CC(=Cn1c2c(c3cc(C)ccc31)CN(C)C(C)C2)c1ccncn1. The van der Waals surface area contributed by atoms with Crippen LogP contribution in [-0.4, -0.2) is 32.5 Å². The van der Waals surface area contributed by atoms with Gasteiger partial charge in [-0.25, -0.2) is 9.97 Å². The van der Waals surface area contributed by atoms with E-state index in [9.17, 15) is 0 Å². The second kappa shape index (κ2) is 6.12. The van der Waals surface area contributed by atoms with Crippen molar-refractivity contribution in [3.05, 3.63) is 59.3 Å². The summed E-state index contributed by atoms with van der Waals surface area (Å²) in [6.07, 6.45) is 6.70. The van der Waals surface area contributed by atoms with E-state index < -0.39 is 0 Å². The van der Waals surface area contributed by atoms with Gasteiger partial charge in [0.1, 0.15) is 6.33 Å². The normalized spacial score (nSPS) is 18.6. The summed E-state index contributed by atoms with van der Waals surface area (Å²) in [6, 6.07) is 9.28. The molecule has 0 bridgehead atoms. The van der Waals surface area contributed by atoms with Crippen molar-refractivity contribution >= 4 is 22.7 Å². The minimum absolute atomic E-state index is 0.546. The van der Waals surface area contributed by atoms with E-state index in [4.69, 9.17) is 0 Å². The topological polar surface area (TPSA) is 34.0 Å². The van der Waals surface area contributed by atoms with Crippen LogP contribution in [0.2, 0.25) is 0 Å². The number of benzene rings is 1. The molecule has 0 saturated heterocycles. The first-order chi connectivity index (χ1) is 12.0. The fourth-order valence-corrected chi connectivity index (χ4v) is 3.72. The van der Waals surface area contributed by atoms with Crippen molar-refractivity contribution < 1.29 is 0 Å². The molecule has 128 valence electrons. The standard InChI is InChI=1S/C21H24N4/c1-14-5-6-20-17(9-14)18-12-24(4)16(3)10-21(18)25(20)11-15(2)19-7-8-22-13-23-19/h5-9,11,13,16H,10,12H2,1-4H3. The van der Waals surface area contributed by atoms with Crippen LogP contribution in [0.4, 0.5) is 0 Å². The van der Waals surface area contributed by atoms with Crippen molar-refractivity contribution in [2.45, 2.75) is 39.8 Å². The molecule has 2 aromatic heterocycles. The molecule has 0 amide bonds. The highest BCUT2D eigenvalue weighted by Gasteiger charge is 2.26. The molecular weight excluding hydrogens is 308 g/mol. The Morgan fingerprint density at radius 2 is 2.12 bits per heavy atom. The van der Waals surface area contributed by atoms with Crippen LogP contribution in [0.15, 0.2) is 36.8 Å². The monoisotopic (exact) mass is 332 g/mol. The first-order valence-corrected chi connectivity index (χ1v) is 8.82. The number of nitrogens with zero attached hydrogens (tertiary/aromatic N) is 4. The van der Waals surface area contributed by atoms with Crippen LogP contribution in [0.1, 0.15) is 36.4 Å². The number of allylic oxidation sites excluding steroid dienone is 1. The molecule has 1 unspecified atom stereocenters. The van der Waals surface area contributed by atoms with Gasteiger partial charge in [0.25, 0.3) is 0 Å². The number of rotatable bonds is 2. The molecule has 0 N–H and O–H groups in total. The lowest BCUT2D eigenvalue weighted by Gasteiger charge is -2.30. The predicted octanol–water partition coefficient (Wildman–Crippen LogP) is 4.13. The van der Waals surface area contributed by atoms with Gasteiger partial charge in [-0.3, -0.25) is 4.90 Å². The molecule has 0 aliphatic carbocycles. The molecule has 1 aliphatic heterocycles. The minimum atomic E-state index is 0.546. The van der Waals surface area contributed by atoms with Crippen LogP contribution < -0.4 is 0 Å². The maximum Gasteiger partial charge on any atom is 0.116 e. The zero-order valence-corrected chi connectivity index (χ0v) is 15.3. The maximum atomic E-state index is 4.39. The van der Waals surface area contributed by atoms with Gasteiger partial charge >= 0.3 is 0 Å². The molecule has 25 heavy (non-hydrogen) atoms. The Labute approximate surface area is 148 Å². The van der Waals surface area contributed by atoms with Crippen LogP contribution in [0, 0.1) is 6.92 Å². The van der Waals surface area contributed by atoms with E-state index in [2.05, 4.69) is 71.7 Å². The molecule has 1 aromatic carbocycles. The Bertz CT molecular complexity index is 953. The van der Waals surface area contributed by atoms with Crippen molar-refractivity contribution in [1.82, 2.24) is 19.4 Å². The highest BCUT2D eigenvalue weighted by atomic mass is 15.1. The summed E-state index contributed by atoms with van der Waals surface area (Å²) in [4.78, 5) is 10.9. The summed E-state index contributed by atoms with van der Waals surface area (Å²) in [6.45, 7) is 7.59. The average Bonchev–Trinajstić information content (AvgIpc) is 2.89. The molecular formula is C21H24N4. The third-order valence-corrected chi connectivity index (χ3v) is 5.33. The van der Waals surface area contributed by atoms with Crippen LogP contribution in [0.25, 0.3) is 22.7 Å². The lowest BCUT2D eigenvalue weighted by Crippen LogP contribution is -2.35. The number of hydrogen-bond acceptors (Lipinski definition) is 3. The predicted molar refractivity (Wildman–Crippen MR) is 103 cm³/mol. The van der Waals surface area contributed by atoms with Gasteiger partial charge in [-0.05, 0) is 57.2 Å². The van der Waals surface area contributed by atoms with Crippen LogP contribution in [0.5, 0.6) is 0 Å². The molecule has 3 heterocycles. The van der Waals surface area contributed by atoms with E-state index in [1.165, 1.54) is 27.7 Å². The second-order valence-corrected chi connectivity index (χ2v) is 7.19. The third-order valence-electron chi connectivity index (χ3n) is 5.33. The van der Waals surface area contributed by atoms with Gasteiger partial charge in [-0.1, -0.05) is 11.6 Å². The summed E-state index contributed by atoms with van der Waals surface area (Å²) < 4.78 is 2.38. The van der Waals surface area contributed by atoms with Gasteiger partial charge in [0.05, 0.1) is 11.2 Å².